The number of amides is 1. The van der Waals surface area contributed by atoms with Gasteiger partial charge in [0, 0.05) is 4.90 Å². The van der Waals surface area contributed by atoms with Gasteiger partial charge in [-0.15, -0.1) is 0 Å². The normalized spacial score (nSPS) is 10.4. The Kier molecular flexibility index (Phi) is 3.76. The van der Waals surface area contributed by atoms with E-state index in [4.69, 9.17) is 11.5 Å². The van der Waals surface area contributed by atoms with Crippen molar-refractivity contribution >= 4 is 23.4 Å². The molecular formula is C14H15N3OS. The van der Waals surface area contributed by atoms with E-state index in [2.05, 4.69) is 23.2 Å². The molecule has 0 saturated carbocycles. The Bertz CT molecular complexity index is 641. The molecule has 0 aliphatic heterocycles. The van der Waals surface area contributed by atoms with Crippen LogP contribution in [0.2, 0.25) is 0 Å². The monoisotopic (exact) mass is 273 g/mol. The van der Waals surface area contributed by atoms with Crippen LogP contribution in [0.5, 0.6) is 0 Å². The summed E-state index contributed by atoms with van der Waals surface area (Å²) >= 11 is 1.49. The van der Waals surface area contributed by atoms with Crippen LogP contribution in [0.3, 0.4) is 0 Å². The zero-order chi connectivity index (χ0) is 14.0. The minimum Gasteiger partial charge on any atom is -0.397 e. The number of nitrogens with zero attached hydrogens (tertiary/aromatic N) is 1. The van der Waals surface area contributed by atoms with E-state index in [-0.39, 0.29) is 0 Å². The molecule has 2 aromatic rings. The second-order valence-corrected chi connectivity index (χ2v) is 5.41. The smallest absolute Gasteiger partial charge is 0.250 e. The van der Waals surface area contributed by atoms with E-state index in [1.165, 1.54) is 23.5 Å². The molecule has 1 amide bonds. The summed E-state index contributed by atoms with van der Waals surface area (Å²) in [5, 5.41) is 0.705. The highest BCUT2D eigenvalue weighted by molar-refractivity contribution is 7.99. The molecule has 19 heavy (non-hydrogen) atoms. The van der Waals surface area contributed by atoms with Crippen molar-refractivity contribution in [3.63, 3.8) is 0 Å². The quantitative estimate of drug-likeness (QED) is 0.900. The summed E-state index contributed by atoms with van der Waals surface area (Å²) in [6.45, 7) is 4.07. The van der Waals surface area contributed by atoms with E-state index in [1.807, 2.05) is 13.8 Å². The molecule has 0 aliphatic carbocycles. The molecule has 0 spiro atoms. The molecule has 5 heteroatoms. The summed E-state index contributed by atoms with van der Waals surface area (Å²) in [6.07, 6.45) is 1.47. The Morgan fingerprint density at radius 2 is 2.00 bits per heavy atom. The van der Waals surface area contributed by atoms with Crippen molar-refractivity contribution in [1.29, 1.82) is 0 Å². The number of hydrogen-bond acceptors (Lipinski definition) is 4. The van der Waals surface area contributed by atoms with Gasteiger partial charge in [0.1, 0.15) is 5.03 Å². The third-order valence-electron chi connectivity index (χ3n) is 2.73. The van der Waals surface area contributed by atoms with E-state index in [1.54, 1.807) is 6.07 Å². The predicted octanol–water partition coefficient (Wildman–Crippen LogP) is 2.53. The van der Waals surface area contributed by atoms with Crippen molar-refractivity contribution in [1.82, 2.24) is 4.98 Å². The van der Waals surface area contributed by atoms with Gasteiger partial charge in [0.05, 0.1) is 17.4 Å². The van der Waals surface area contributed by atoms with Crippen LogP contribution < -0.4 is 11.5 Å². The fourth-order valence-corrected chi connectivity index (χ4v) is 2.63. The Balaban J connectivity index is 2.36. The van der Waals surface area contributed by atoms with Gasteiger partial charge in [-0.1, -0.05) is 23.9 Å². The van der Waals surface area contributed by atoms with Crippen molar-refractivity contribution in [3.8, 4) is 0 Å². The molecule has 1 aromatic carbocycles. The van der Waals surface area contributed by atoms with Gasteiger partial charge in [-0.2, -0.15) is 0 Å². The van der Waals surface area contributed by atoms with Crippen molar-refractivity contribution in [2.75, 3.05) is 5.73 Å². The molecule has 4 N–H and O–H groups in total. The van der Waals surface area contributed by atoms with Gasteiger partial charge in [-0.3, -0.25) is 4.79 Å². The fourth-order valence-electron chi connectivity index (χ4n) is 1.65. The standard InChI is InChI=1S/C14H15N3OS/c1-8-3-4-9(2)12(5-8)19-13-6-10(14(16)18)11(15)7-17-13/h3-7H,15H2,1-2H3,(H2,16,18). The average Bonchev–Trinajstić information content (AvgIpc) is 2.36. The van der Waals surface area contributed by atoms with E-state index in [0.717, 1.165) is 10.5 Å². The fraction of sp³-hybridized carbons (Fsp3) is 0.143. The van der Waals surface area contributed by atoms with E-state index in [0.29, 0.717) is 16.3 Å². The first-order valence-corrected chi connectivity index (χ1v) is 6.59. The van der Waals surface area contributed by atoms with Crippen LogP contribution in [0.25, 0.3) is 0 Å². The molecule has 0 unspecified atom stereocenters. The maximum Gasteiger partial charge on any atom is 0.250 e. The minimum atomic E-state index is -0.539. The van der Waals surface area contributed by atoms with Gasteiger partial charge in [-0.25, -0.2) is 4.98 Å². The summed E-state index contributed by atoms with van der Waals surface area (Å²) in [7, 11) is 0. The summed E-state index contributed by atoms with van der Waals surface area (Å²) in [4.78, 5) is 16.6. The van der Waals surface area contributed by atoms with E-state index in [9.17, 15) is 4.79 Å². The number of pyridine rings is 1. The van der Waals surface area contributed by atoms with Crippen molar-refractivity contribution in [2.24, 2.45) is 5.73 Å². The van der Waals surface area contributed by atoms with Gasteiger partial charge in [-0.05, 0) is 37.1 Å². The minimum absolute atomic E-state index is 0.304. The first kappa shape index (κ1) is 13.4. The molecule has 0 aliphatic rings. The van der Waals surface area contributed by atoms with E-state index < -0.39 is 5.91 Å². The van der Waals surface area contributed by atoms with Crippen LogP contribution >= 0.6 is 11.8 Å². The third-order valence-corrected chi connectivity index (χ3v) is 3.83. The molecule has 1 heterocycles. The number of carbonyl (C=O) groups is 1. The highest BCUT2D eigenvalue weighted by Gasteiger charge is 2.09. The first-order chi connectivity index (χ1) is 8.97. The second-order valence-electron chi connectivity index (χ2n) is 4.35. The SMILES string of the molecule is Cc1ccc(C)c(Sc2cc(C(N)=O)c(N)cn2)c1. The molecular weight excluding hydrogens is 258 g/mol. The van der Waals surface area contributed by atoms with Crippen molar-refractivity contribution in [3.05, 3.63) is 47.2 Å². The number of benzene rings is 1. The van der Waals surface area contributed by atoms with Crippen molar-refractivity contribution < 1.29 is 4.79 Å². The zero-order valence-electron chi connectivity index (χ0n) is 10.8. The van der Waals surface area contributed by atoms with Crippen LogP contribution in [0.4, 0.5) is 5.69 Å². The number of carbonyl (C=O) groups excluding carboxylic acids is 1. The summed E-state index contributed by atoms with van der Waals surface area (Å²) in [5.74, 6) is -0.539. The summed E-state index contributed by atoms with van der Waals surface area (Å²) in [5.41, 5.74) is 13.9. The lowest BCUT2D eigenvalue weighted by molar-refractivity contribution is 0.100. The number of nitrogen functional groups attached to an aromatic ring is 1. The largest absolute Gasteiger partial charge is 0.397 e. The molecule has 1 aromatic heterocycles. The molecule has 0 fully saturated rings. The van der Waals surface area contributed by atoms with Gasteiger partial charge < -0.3 is 11.5 Å². The maximum atomic E-state index is 11.3. The average molecular weight is 273 g/mol. The Hall–Kier alpha value is -2.01. The van der Waals surface area contributed by atoms with Crippen LogP contribution in [0.1, 0.15) is 21.5 Å². The van der Waals surface area contributed by atoms with Gasteiger partial charge >= 0.3 is 0 Å². The maximum absolute atomic E-state index is 11.3. The molecule has 0 saturated heterocycles. The van der Waals surface area contributed by atoms with Gasteiger partial charge in [0.25, 0.3) is 5.91 Å². The molecule has 0 radical (unpaired) electrons. The lowest BCUT2D eigenvalue weighted by Gasteiger charge is -2.08. The van der Waals surface area contributed by atoms with Crippen LogP contribution in [0.15, 0.2) is 40.4 Å². The number of aromatic nitrogens is 1. The van der Waals surface area contributed by atoms with E-state index >= 15 is 0 Å². The van der Waals surface area contributed by atoms with Gasteiger partial charge in [0.2, 0.25) is 0 Å². The number of nitrogens with two attached hydrogens (primary N) is 2. The zero-order valence-corrected chi connectivity index (χ0v) is 11.6. The highest BCUT2D eigenvalue weighted by Crippen LogP contribution is 2.30. The molecule has 4 nitrogen and oxygen atoms in total. The number of rotatable bonds is 3. The second kappa shape index (κ2) is 5.32. The summed E-state index contributed by atoms with van der Waals surface area (Å²) in [6, 6.07) is 7.83. The Morgan fingerprint density at radius 1 is 1.26 bits per heavy atom. The van der Waals surface area contributed by atoms with Crippen molar-refractivity contribution in [2.45, 2.75) is 23.8 Å². The molecule has 98 valence electrons. The predicted molar refractivity (Wildman–Crippen MR) is 77.2 cm³/mol. The lowest BCUT2D eigenvalue weighted by Crippen LogP contribution is -2.13. The first-order valence-electron chi connectivity index (χ1n) is 5.78. The molecule has 0 atom stereocenters. The number of hydrogen-bond donors (Lipinski definition) is 2. The molecule has 2 rings (SSSR count). The van der Waals surface area contributed by atoms with Crippen LogP contribution in [-0.2, 0) is 0 Å². The Labute approximate surface area is 116 Å². The van der Waals surface area contributed by atoms with Crippen LogP contribution in [0, 0.1) is 13.8 Å². The third kappa shape index (κ3) is 3.06. The topological polar surface area (TPSA) is 82.0 Å². The highest BCUT2D eigenvalue weighted by atomic mass is 32.2. The molecule has 0 bridgehead atoms. The number of anilines is 1. The summed E-state index contributed by atoms with van der Waals surface area (Å²) < 4.78 is 0. The van der Waals surface area contributed by atoms with Crippen LogP contribution in [-0.4, -0.2) is 10.9 Å². The lowest BCUT2D eigenvalue weighted by atomic mass is 10.2. The van der Waals surface area contributed by atoms with Gasteiger partial charge in [0.15, 0.2) is 0 Å². The number of primary amides is 1. The number of aryl methyl sites for hydroxylation is 2. The Morgan fingerprint density at radius 3 is 2.68 bits per heavy atom.